The van der Waals surface area contributed by atoms with Gasteiger partial charge in [0.25, 0.3) is 15.9 Å². The average molecular weight is 635 g/mol. The van der Waals surface area contributed by atoms with Crippen molar-refractivity contribution in [2.45, 2.75) is 44.7 Å². The molecule has 0 radical (unpaired) electrons. The molecule has 0 saturated heterocycles. The molecule has 0 saturated carbocycles. The Morgan fingerprint density at radius 3 is 2.42 bits per heavy atom. The van der Waals surface area contributed by atoms with Crippen molar-refractivity contribution in [3.63, 3.8) is 0 Å². The number of benzene rings is 1. The van der Waals surface area contributed by atoms with Gasteiger partial charge in [-0.25, -0.2) is 27.2 Å². The number of nitrogens with one attached hydrogen (secondary N) is 2. The van der Waals surface area contributed by atoms with Crippen molar-refractivity contribution in [2.75, 3.05) is 27.3 Å². The molecule has 0 bridgehead atoms. The molecule has 0 aliphatic heterocycles. The summed E-state index contributed by atoms with van der Waals surface area (Å²) in [5.74, 6) is 0.742. The Morgan fingerprint density at radius 1 is 1.02 bits per heavy atom. The van der Waals surface area contributed by atoms with E-state index in [0.717, 1.165) is 16.6 Å². The van der Waals surface area contributed by atoms with Crippen LogP contribution < -0.4 is 20.1 Å². The molecule has 0 unspecified atom stereocenters. The molecule has 5 rings (SSSR count). The predicted molar refractivity (Wildman–Crippen MR) is 172 cm³/mol. The summed E-state index contributed by atoms with van der Waals surface area (Å²) in [6, 6.07) is 12.2. The number of carbonyl (C=O) groups excluding carboxylic acids is 1. The second-order valence-corrected chi connectivity index (χ2v) is 13.4. The Bertz CT molecular complexity index is 1970. The number of aromatic nitrogens is 4. The Balaban J connectivity index is 1.59. The van der Waals surface area contributed by atoms with E-state index >= 15 is 0 Å². The summed E-state index contributed by atoms with van der Waals surface area (Å²) in [6.45, 7) is 8.54. The lowest BCUT2D eigenvalue weighted by Gasteiger charge is -2.19. The number of aryl methyl sites for hydroxylation is 2. The second-order valence-electron chi connectivity index (χ2n) is 11.6. The van der Waals surface area contributed by atoms with Crippen molar-refractivity contribution in [2.24, 2.45) is 7.05 Å². The highest BCUT2D eigenvalue weighted by molar-refractivity contribution is 7.90. The van der Waals surface area contributed by atoms with Gasteiger partial charge in [0.1, 0.15) is 11.1 Å². The maximum absolute atomic E-state index is 14.3. The zero-order valence-electron chi connectivity index (χ0n) is 26.5. The van der Waals surface area contributed by atoms with Gasteiger partial charge in [-0.2, -0.15) is 0 Å². The lowest BCUT2D eigenvalue weighted by molar-refractivity contribution is 0.0528. The first-order valence-electron chi connectivity index (χ1n) is 14.4. The van der Waals surface area contributed by atoms with Crippen LogP contribution in [-0.4, -0.2) is 65.9 Å². The first-order chi connectivity index (χ1) is 21.3. The normalized spacial score (nSPS) is 12.1. The van der Waals surface area contributed by atoms with Crippen molar-refractivity contribution in [1.29, 1.82) is 0 Å². The largest absolute Gasteiger partial charge is 0.491 e. The number of nitrogens with zero attached hydrogens (tertiary/aromatic N) is 4. The number of hydrogen-bond acceptors (Lipinski definition) is 9. The lowest BCUT2D eigenvalue weighted by atomic mass is 10.1. The van der Waals surface area contributed by atoms with Gasteiger partial charge in [-0.3, -0.25) is 0 Å². The van der Waals surface area contributed by atoms with E-state index in [1.165, 1.54) is 18.2 Å². The van der Waals surface area contributed by atoms with Gasteiger partial charge in [0, 0.05) is 56.1 Å². The predicted octanol–water partition coefficient (Wildman–Crippen LogP) is 4.77. The number of rotatable bonds is 10. The van der Waals surface area contributed by atoms with Crippen LogP contribution in [0.3, 0.4) is 0 Å². The average Bonchev–Trinajstić information content (AvgIpc) is 3.53. The zero-order chi connectivity index (χ0) is 32.5. The van der Waals surface area contributed by atoms with E-state index in [-0.39, 0.29) is 16.4 Å². The third-order valence-electron chi connectivity index (χ3n) is 7.18. The molecule has 238 valence electrons. The molecule has 13 heteroatoms. The van der Waals surface area contributed by atoms with Crippen LogP contribution in [0, 0.1) is 6.92 Å². The quantitative estimate of drug-likeness (QED) is 0.208. The molecule has 4 heterocycles. The molecule has 12 nitrogen and oxygen atoms in total. The highest BCUT2D eigenvalue weighted by Gasteiger charge is 2.28. The van der Waals surface area contributed by atoms with Gasteiger partial charge in [0.15, 0.2) is 11.4 Å². The van der Waals surface area contributed by atoms with Crippen LogP contribution >= 0.6 is 0 Å². The monoisotopic (exact) mass is 634 g/mol. The van der Waals surface area contributed by atoms with Crippen molar-refractivity contribution >= 4 is 38.2 Å². The van der Waals surface area contributed by atoms with E-state index in [9.17, 15) is 13.2 Å². The SMILES string of the molecule is COc1cc2c(nc1OC)c(-c1cc3c(CNCCNC(=O)OC(C)(C)C)ccnc3n1S(=O)(=O)c1ccc(C)cc1)cn2C. The first-order valence-corrected chi connectivity index (χ1v) is 15.9. The first kappa shape index (κ1) is 31.8. The van der Waals surface area contributed by atoms with Crippen molar-refractivity contribution in [3.05, 3.63) is 66.0 Å². The van der Waals surface area contributed by atoms with Gasteiger partial charge in [-0.05, 0) is 57.5 Å². The van der Waals surface area contributed by atoms with Gasteiger partial charge in [0.05, 0.1) is 30.3 Å². The van der Waals surface area contributed by atoms with Crippen LogP contribution in [0.2, 0.25) is 0 Å². The Labute approximate surface area is 262 Å². The molecule has 0 atom stereocenters. The van der Waals surface area contributed by atoms with Crippen LogP contribution in [0.15, 0.2) is 59.8 Å². The summed E-state index contributed by atoms with van der Waals surface area (Å²) >= 11 is 0. The van der Waals surface area contributed by atoms with Crippen molar-refractivity contribution < 1.29 is 27.4 Å². The molecular formula is C32H38N6O6S. The summed E-state index contributed by atoms with van der Waals surface area (Å²) in [4.78, 5) is 21.4. The molecule has 0 fully saturated rings. The zero-order valence-corrected chi connectivity index (χ0v) is 27.3. The number of methoxy groups -OCH3 is 2. The standard InChI is InChI=1S/C32H38N6O6S/c1-20-8-10-22(11-9-20)45(40,41)38-25(24-19-37(5)26-17-27(42-6)30(43-7)36-28(24)26)16-23-21(12-13-34-29(23)38)18-33-14-15-35-31(39)44-32(2,3)4/h8-13,16-17,19,33H,14-15,18H2,1-7H3,(H,35,39). The van der Waals surface area contributed by atoms with E-state index < -0.39 is 21.7 Å². The van der Waals surface area contributed by atoms with E-state index in [2.05, 4.69) is 15.6 Å². The number of alkyl carbamates (subject to hydrolysis) is 1. The number of pyridine rings is 2. The third kappa shape index (κ3) is 6.45. The minimum absolute atomic E-state index is 0.137. The fourth-order valence-electron chi connectivity index (χ4n) is 5.06. The van der Waals surface area contributed by atoms with Crippen LogP contribution in [0.5, 0.6) is 11.6 Å². The summed E-state index contributed by atoms with van der Waals surface area (Å²) in [5.41, 5.74) is 3.76. The summed E-state index contributed by atoms with van der Waals surface area (Å²) in [6.07, 6.45) is 2.95. The Kier molecular flexibility index (Phi) is 8.77. The second kappa shape index (κ2) is 12.4. The molecule has 5 aromatic rings. The highest BCUT2D eigenvalue weighted by atomic mass is 32.2. The van der Waals surface area contributed by atoms with E-state index in [4.69, 9.17) is 19.2 Å². The topological polar surface area (TPSA) is 139 Å². The minimum Gasteiger partial charge on any atom is -0.491 e. The molecule has 0 aliphatic rings. The summed E-state index contributed by atoms with van der Waals surface area (Å²) < 4.78 is 48.1. The smallest absolute Gasteiger partial charge is 0.407 e. The number of hydrogen-bond donors (Lipinski definition) is 2. The Hall–Kier alpha value is -4.62. The number of carbonyl (C=O) groups is 1. The lowest BCUT2D eigenvalue weighted by Crippen LogP contribution is -2.36. The number of amides is 1. The van der Waals surface area contributed by atoms with E-state index in [1.54, 1.807) is 51.2 Å². The van der Waals surface area contributed by atoms with Crippen LogP contribution in [0.4, 0.5) is 4.79 Å². The van der Waals surface area contributed by atoms with Gasteiger partial charge in [-0.15, -0.1) is 0 Å². The van der Waals surface area contributed by atoms with E-state index in [1.807, 2.05) is 42.9 Å². The van der Waals surface area contributed by atoms with Crippen LogP contribution in [0.1, 0.15) is 31.9 Å². The van der Waals surface area contributed by atoms with Crippen molar-refractivity contribution in [3.8, 4) is 22.9 Å². The maximum Gasteiger partial charge on any atom is 0.407 e. The molecule has 1 aromatic carbocycles. The maximum atomic E-state index is 14.3. The van der Waals surface area contributed by atoms with Gasteiger partial charge in [-0.1, -0.05) is 17.7 Å². The van der Waals surface area contributed by atoms with Gasteiger partial charge >= 0.3 is 6.09 Å². The molecule has 1 amide bonds. The fraction of sp³-hybridized carbons (Fsp3) is 0.344. The number of ether oxygens (including phenoxy) is 3. The molecular weight excluding hydrogens is 596 g/mol. The van der Waals surface area contributed by atoms with Crippen LogP contribution in [-0.2, 0) is 28.4 Å². The molecule has 0 spiro atoms. The fourth-order valence-corrected chi connectivity index (χ4v) is 6.53. The van der Waals surface area contributed by atoms with Crippen LogP contribution in [0.25, 0.3) is 33.3 Å². The molecule has 0 aliphatic carbocycles. The van der Waals surface area contributed by atoms with Crippen molar-refractivity contribution in [1.82, 2.24) is 29.1 Å². The van der Waals surface area contributed by atoms with Gasteiger partial charge in [0.2, 0.25) is 0 Å². The van der Waals surface area contributed by atoms with E-state index in [0.29, 0.717) is 47.5 Å². The minimum atomic E-state index is -4.10. The Morgan fingerprint density at radius 2 is 1.76 bits per heavy atom. The summed E-state index contributed by atoms with van der Waals surface area (Å²) in [5, 5.41) is 6.70. The molecule has 45 heavy (non-hydrogen) atoms. The molecule has 4 aromatic heterocycles. The highest BCUT2D eigenvalue weighted by Crippen LogP contribution is 2.39. The summed E-state index contributed by atoms with van der Waals surface area (Å²) in [7, 11) is 0.806. The third-order valence-corrected chi connectivity index (χ3v) is 8.90. The van der Waals surface area contributed by atoms with Gasteiger partial charge < -0.3 is 29.4 Å². The number of fused-ring (bicyclic) bond motifs is 2. The molecule has 2 N–H and O–H groups in total.